The lowest BCUT2D eigenvalue weighted by molar-refractivity contribution is -0.118. The average molecular weight is 389 g/mol. The molecule has 0 radical (unpaired) electrons. The first-order valence-corrected chi connectivity index (χ1v) is 8.75. The Balaban J connectivity index is 2.16. The van der Waals surface area contributed by atoms with Gasteiger partial charge < -0.3 is 5.32 Å². The maximum Gasteiger partial charge on any atom is 0.161 e. The zero-order valence-electron chi connectivity index (χ0n) is 13.0. The lowest BCUT2D eigenvalue weighted by atomic mass is 9.67. The second kappa shape index (κ2) is 5.85. The van der Waals surface area contributed by atoms with Crippen LogP contribution in [-0.4, -0.2) is 10.8 Å². The molecule has 1 aromatic rings. The first-order valence-electron chi connectivity index (χ1n) is 7.54. The molecule has 0 saturated heterocycles. The molecule has 1 N–H and O–H groups in total. The lowest BCUT2D eigenvalue weighted by Gasteiger charge is -2.40. The van der Waals surface area contributed by atoms with Gasteiger partial charge in [0.1, 0.15) is 5.92 Å². The first-order chi connectivity index (χ1) is 10.8. The number of carbonyl (C=O) groups excluding carboxylic acids is 1. The van der Waals surface area contributed by atoms with Gasteiger partial charge in [0.2, 0.25) is 0 Å². The van der Waals surface area contributed by atoms with Gasteiger partial charge in [0.25, 0.3) is 0 Å². The molecule has 118 valence electrons. The monoisotopic (exact) mass is 388 g/mol. The summed E-state index contributed by atoms with van der Waals surface area (Å²) < 4.78 is 0.969. The number of nitrogens with zero attached hydrogens (tertiary/aromatic N) is 1. The van der Waals surface area contributed by atoms with E-state index in [9.17, 15) is 10.1 Å². The third kappa shape index (κ3) is 2.98. The van der Waals surface area contributed by atoms with E-state index in [1.807, 2.05) is 24.3 Å². The molecule has 0 bridgehead atoms. The Morgan fingerprint density at radius 3 is 2.57 bits per heavy atom. The van der Waals surface area contributed by atoms with Crippen molar-refractivity contribution in [2.45, 2.75) is 32.6 Å². The Bertz CT molecular complexity index is 758. The van der Waals surface area contributed by atoms with Crippen molar-refractivity contribution < 1.29 is 4.79 Å². The number of carbonyl (C=O) groups is 1. The lowest BCUT2D eigenvalue weighted by Crippen LogP contribution is -2.44. The van der Waals surface area contributed by atoms with Gasteiger partial charge in [0.05, 0.1) is 11.1 Å². The van der Waals surface area contributed by atoms with Gasteiger partial charge in [-0.15, -0.1) is 0 Å². The van der Waals surface area contributed by atoms with E-state index in [2.05, 4.69) is 41.2 Å². The Kier molecular flexibility index (Phi) is 4.16. The van der Waals surface area contributed by atoms with E-state index >= 15 is 0 Å². The number of halogens is 1. The molecule has 0 saturated carbocycles. The summed E-state index contributed by atoms with van der Waals surface area (Å²) in [5.74, 6) is -0.657. The normalized spacial score (nSPS) is 26.3. The number of ketones is 1. The van der Waals surface area contributed by atoms with E-state index in [0.29, 0.717) is 11.4 Å². The quantitative estimate of drug-likeness (QED) is 0.730. The number of hydrogen-bond acceptors (Lipinski definition) is 3. The van der Waals surface area contributed by atoms with Crippen LogP contribution >= 0.6 is 28.1 Å². The van der Waals surface area contributed by atoms with Gasteiger partial charge >= 0.3 is 0 Å². The summed E-state index contributed by atoms with van der Waals surface area (Å²) in [5.41, 5.74) is 2.52. The van der Waals surface area contributed by atoms with Crippen LogP contribution in [0.2, 0.25) is 0 Å². The Labute approximate surface area is 149 Å². The predicted octanol–water partition coefficient (Wildman–Crippen LogP) is 4.25. The van der Waals surface area contributed by atoms with Crippen LogP contribution < -0.4 is 5.32 Å². The highest BCUT2D eigenvalue weighted by Crippen LogP contribution is 2.46. The molecule has 3 nitrogen and oxygen atoms in total. The summed E-state index contributed by atoms with van der Waals surface area (Å²) >= 11 is 8.85. The standard InChI is InChI=1S/C18H17BrN2OS/c1-18(2)7-13-16(14(22)8-18)15(12(9-20)17(23)21-13)10-3-5-11(19)6-4-10/h3-6,12,15H,7-8H2,1-2H3,(H,21,23)/t12-,15+/m0/s1. The minimum atomic E-state index is -0.505. The Morgan fingerprint density at radius 1 is 1.30 bits per heavy atom. The fourth-order valence-electron chi connectivity index (χ4n) is 3.51. The van der Waals surface area contributed by atoms with Crippen LogP contribution in [0.3, 0.4) is 0 Å². The van der Waals surface area contributed by atoms with Crippen molar-refractivity contribution >= 4 is 38.9 Å². The van der Waals surface area contributed by atoms with Gasteiger partial charge in [-0.2, -0.15) is 5.26 Å². The molecule has 0 fully saturated rings. The highest BCUT2D eigenvalue weighted by atomic mass is 79.9. The summed E-state index contributed by atoms with van der Waals surface area (Å²) in [7, 11) is 0. The van der Waals surface area contributed by atoms with E-state index in [0.717, 1.165) is 27.7 Å². The summed E-state index contributed by atoms with van der Waals surface area (Å²) in [5, 5.41) is 12.8. The summed E-state index contributed by atoms with van der Waals surface area (Å²) in [6.07, 6.45) is 1.28. The number of Topliss-reactive ketones (excluding diaryl/α,β-unsaturated/α-hetero) is 1. The molecule has 3 rings (SSSR count). The first kappa shape index (κ1) is 16.4. The Morgan fingerprint density at radius 2 is 1.96 bits per heavy atom. The molecule has 1 aromatic carbocycles. The number of rotatable bonds is 1. The summed E-state index contributed by atoms with van der Waals surface area (Å²) in [6.45, 7) is 4.18. The smallest absolute Gasteiger partial charge is 0.161 e. The number of thiocarbonyl (C=S) groups is 1. The number of nitrogens with one attached hydrogen (secondary N) is 1. The van der Waals surface area contributed by atoms with Crippen LogP contribution in [-0.2, 0) is 4.79 Å². The minimum Gasteiger partial charge on any atom is -0.352 e. The van der Waals surface area contributed by atoms with Crippen molar-refractivity contribution in [1.29, 1.82) is 5.26 Å². The zero-order valence-corrected chi connectivity index (χ0v) is 15.4. The second-order valence-electron chi connectivity index (χ2n) is 6.96. The number of hydrogen-bond donors (Lipinski definition) is 1. The zero-order chi connectivity index (χ0) is 16.8. The largest absolute Gasteiger partial charge is 0.352 e. The molecule has 1 heterocycles. The molecular formula is C18H17BrN2OS. The topological polar surface area (TPSA) is 52.9 Å². The van der Waals surface area contributed by atoms with Crippen molar-refractivity contribution in [3.63, 3.8) is 0 Å². The van der Waals surface area contributed by atoms with Gasteiger partial charge in [-0.25, -0.2) is 0 Å². The molecule has 2 atom stereocenters. The third-order valence-electron chi connectivity index (χ3n) is 4.49. The van der Waals surface area contributed by atoms with Gasteiger partial charge in [0, 0.05) is 28.1 Å². The molecule has 0 amide bonds. The molecular weight excluding hydrogens is 372 g/mol. The van der Waals surface area contributed by atoms with Crippen molar-refractivity contribution in [3.8, 4) is 6.07 Å². The molecule has 1 aliphatic heterocycles. The molecule has 0 unspecified atom stereocenters. The highest BCUT2D eigenvalue weighted by Gasteiger charge is 2.44. The Hall–Kier alpha value is -1.51. The fraction of sp³-hybridized carbons (Fsp3) is 0.389. The van der Waals surface area contributed by atoms with E-state index < -0.39 is 5.92 Å². The second-order valence-corrected chi connectivity index (χ2v) is 8.31. The summed E-state index contributed by atoms with van der Waals surface area (Å²) in [6, 6.07) is 10.1. The minimum absolute atomic E-state index is 0.0811. The highest BCUT2D eigenvalue weighted by molar-refractivity contribution is 9.10. The van der Waals surface area contributed by atoms with Crippen LogP contribution in [0.25, 0.3) is 0 Å². The van der Waals surface area contributed by atoms with Gasteiger partial charge in [-0.1, -0.05) is 54.1 Å². The van der Waals surface area contributed by atoms with Crippen LogP contribution in [0.5, 0.6) is 0 Å². The number of allylic oxidation sites excluding steroid dienone is 2. The molecule has 2 aliphatic rings. The maximum atomic E-state index is 12.8. The van der Waals surface area contributed by atoms with Gasteiger partial charge in [-0.3, -0.25) is 4.79 Å². The van der Waals surface area contributed by atoms with Crippen LogP contribution in [0.15, 0.2) is 40.0 Å². The van der Waals surface area contributed by atoms with Crippen molar-refractivity contribution in [3.05, 3.63) is 45.6 Å². The van der Waals surface area contributed by atoms with E-state index in [1.54, 1.807) is 0 Å². The number of nitriles is 1. The molecule has 0 spiro atoms. The maximum absolute atomic E-state index is 12.8. The van der Waals surface area contributed by atoms with Gasteiger partial charge in [-0.05, 0) is 29.5 Å². The van der Waals surface area contributed by atoms with Crippen molar-refractivity contribution in [1.82, 2.24) is 5.32 Å². The summed E-state index contributed by atoms with van der Waals surface area (Å²) in [4.78, 5) is 13.3. The molecule has 1 aliphatic carbocycles. The molecule has 0 aromatic heterocycles. The predicted molar refractivity (Wildman–Crippen MR) is 96.8 cm³/mol. The average Bonchev–Trinajstić information content (AvgIpc) is 2.45. The van der Waals surface area contributed by atoms with E-state index in [1.165, 1.54) is 0 Å². The van der Waals surface area contributed by atoms with Crippen molar-refractivity contribution in [2.75, 3.05) is 0 Å². The van der Waals surface area contributed by atoms with Crippen LogP contribution in [0.1, 0.15) is 38.2 Å². The third-order valence-corrected chi connectivity index (χ3v) is 5.37. The fourth-order valence-corrected chi connectivity index (χ4v) is 4.09. The SMILES string of the molecule is CC1(C)CC(=O)C2=C(C1)NC(=S)[C@@H](C#N)[C@H]2c1ccc(Br)cc1. The van der Waals surface area contributed by atoms with Crippen LogP contribution in [0.4, 0.5) is 0 Å². The molecule has 23 heavy (non-hydrogen) atoms. The van der Waals surface area contributed by atoms with E-state index in [4.69, 9.17) is 12.2 Å². The van der Waals surface area contributed by atoms with E-state index in [-0.39, 0.29) is 17.1 Å². The van der Waals surface area contributed by atoms with Crippen LogP contribution in [0, 0.1) is 22.7 Å². The van der Waals surface area contributed by atoms with Gasteiger partial charge in [0.15, 0.2) is 5.78 Å². The van der Waals surface area contributed by atoms with Crippen molar-refractivity contribution in [2.24, 2.45) is 11.3 Å². The molecule has 5 heteroatoms. The number of benzene rings is 1.